The van der Waals surface area contributed by atoms with Gasteiger partial charge >= 0.3 is 24.0 Å². The van der Waals surface area contributed by atoms with Gasteiger partial charge in [-0.15, -0.1) is 0 Å². The summed E-state index contributed by atoms with van der Waals surface area (Å²) in [5, 5.41) is 1.64. The SMILES string of the molecule is COC(=O)[C@H](C[C@@]1(C(=O)OC)CCCC1=N[C@H](C)c1ccccc1)NC(=O)C(F)(F)F. The van der Waals surface area contributed by atoms with Gasteiger partial charge in [0.1, 0.15) is 11.5 Å². The molecule has 0 saturated heterocycles. The number of hydrogen-bond donors (Lipinski definition) is 1. The number of carbonyl (C=O) groups is 3. The van der Waals surface area contributed by atoms with Crippen LogP contribution in [0.4, 0.5) is 13.2 Å². The summed E-state index contributed by atoms with van der Waals surface area (Å²) in [6.45, 7) is 1.83. The van der Waals surface area contributed by atoms with Crippen molar-refractivity contribution in [1.82, 2.24) is 5.32 Å². The molecule has 1 aromatic rings. The molecule has 3 atom stereocenters. The van der Waals surface area contributed by atoms with Crippen LogP contribution < -0.4 is 5.32 Å². The number of methoxy groups -OCH3 is 2. The van der Waals surface area contributed by atoms with E-state index < -0.39 is 41.9 Å². The van der Waals surface area contributed by atoms with Crippen LogP contribution in [0.3, 0.4) is 0 Å². The van der Waals surface area contributed by atoms with Crippen molar-refractivity contribution in [3.05, 3.63) is 35.9 Å². The second-order valence-corrected chi connectivity index (χ2v) is 7.34. The third-order valence-corrected chi connectivity index (χ3v) is 5.38. The minimum atomic E-state index is -5.20. The molecule has 170 valence electrons. The molecule has 10 heteroatoms. The lowest BCUT2D eigenvalue weighted by Crippen LogP contribution is -2.52. The highest BCUT2D eigenvalue weighted by molar-refractivity contribution is 6.08. The van der Waals surface area contributed by atoms with Crippen molar-refractivity contribution in [1.29, 1.82) is 0 Å². The van der Waals surface area contributed by atoms with Gasteiger partial charge in [0.25, 0.3) is 0 Å². The van der Waals surface area contributed by atoms with Gasteiger partial charge in [0.15, 0.2) is 0 Å². The summed E-state index contributed by atoms with van der Waals surface area (Å²) in [6, 6.07) is 7.23. The molecule has 1 N–H and O–H groups in total. The van der Waals surface area contributed by atoms with Crippen LogP contribution >= 0.6 is 0 Å². The van der Waals surface area contributed by atoms with Gasteiger partial charge in [-0.05, 0) is 38.2 Å². The first-order valence-electron chi connectivity index (χ1n) is 9.71. The zero-order chi connectivity index (χ0) is 23.2. The van der Waals surface area contributed by atoms with Crippen LogP contribution in [-0.4, -0.2) is 50.0 Å². The van der Waals surface area contributed by atoms with Crippen LogP contribution in [0.2, 0.25) is 0 Å². The standard InChI is InChI=1S/C21H25F3N2O5/c1-13(14-8-5-4-6-9-14)25-16-10-7-11-20(16,19(29)31-3)12-15(17(27)30-2)26-18(28)21(22,23)24/h4-6,8-9,13,15H,7,10-12H2,1-3H3,(H,26,28)/t13-,15+,20+/m1/s1. The molecule has 7 nitrogen and oxygen atoms in total. The Morgan fingerprint density at radius 3 is 2.35 bits per heavy atom. The van der Waals surface area contributed by atoms with E-state index in [4.69, 9.17) is 4.74 Å². The number of aliphatic imine (C=N–C) groups is 1. The van der Waals surface area contributed by atoms with Crippen molar-refractivity contribution >= 4 is 23.6 Å². The first-order chi connectivity index (χ1) is 14.5. The molecular formula is C21H25F3N2O5. The first-order valence-corrected chi connectivity index (χ1v) is 9.71. The maximum Gasteiger partial charge on any atom is 0.471 e. The average Bonchev–Trinajstić information content (AvgIpc) is 3.14. The van der Waals surface area contributed by atoms with E-state index in [2.05, 4.69) is 9.73 Å². The van der Waals surface area contributed by atoms with E-state index in [1.807, 2.05) is 37.3 Å². The maximum atomic E-state index is 12.8. The number of nitrogens with one attached hydrogen (secondary N) is 1. The minimum absolute atomic E-state index is 0.218. The summed E-state index contributed by atoms with van der Waals surface area (Å²) >= 11 is 0. The van der Waals surface area contributed by atoms with Crippen LogP contribution in [0.25, 0.3) is 0 Å². The van der Waals surface area contributed by atoms with Crippen molar-refractivity contribution in [3.8, 4) is 0 Å². The average molecular weight is 442 g/mol. The van der Waals surface area contributed by atoms with Crippen molar-refractivity contribution in [2.24, 2.45) is 10.4 Å². The van der Waals surface area contributed by atoms with Gasteiger partial charge in [0.05, 0.1) is 20.3 Å². The van der Waals surface area contributed by atoms with Gasteiger partial charge in [-0.25, -0.2) is 4.79 Å². The second-order valence-electron chi connectivity index (χ2n) is 7.34. The van der Waals surface area contributed by atoms with E-state index in [1.165, 1.54) is 0 Å². The van der Waals surface area contributed by atoms with E-state index in [9.17, 15) is 27.6 Å². The Morgan fingerprint density at radius 2 is 1.81 bits per heavy atom. The number of rotatable bonds is 7. The topological polar surface area (TPSA) is 94.1 Å². The number of benzene rings is 1. The molecule has 1 aliphatic carbocycles. The molecule has 1 aliphatic rings. The van der Waals surface area contributed by atoms with Crippen LogP contribution in [0.1, 0.15) is 44.2 Å². The molecule has 1 amide bonds. The van der Waals surface area contributed by atoms with Crippen molar-refractivity contribution in [3.63, 3.8) is 0 Å². The second kappa shape index (κ2) is 9.93. The number of amides is 1. The Morgan fingerprint density at radius 1 is 1.16 bits per heavy atom. The van der Waals surface area contributed by atoms with Crippen LogP contribution in [0, 0.1) is 5.41 Å². The third-order valence-electron chi connectivity index (χ3n) is 5.38. The number of carbonyl (C=O) groups excluding carboxylic acids is 3. The highest BCUT2D eigenvalue weighted by atomic mass is 19.4. The van der Waals surface area contributed by atoms with Gasteiger partial charge in [0, 0.05) is 5.71 Å². The normalized spacial score (nSPS) is 21.9. The van der Waals surface area contributed by atoms with Gasteiger partial charge < -0.3 is 14.8 Å². The van der Waals surface area contributed by atoms with E-state index in [0.717, 1.165) is 19.8 Å². The zero-order valence-corrected chi connectivity index (χ0v) is 17.5. The highest BCUT2D eigenvalue weighted by Crippen LogP contribution is 2.42. The van der Waals surface area contributed by atoms with E-state index >= 15 is 0 Å². The maximum absolute atomic E-state index is 12.8. The molecule has 0 aliphatic heterocycles. The summed E-state index contributed by atoms with van der Waals surface area (Å²) in [5.74, 6) is -4.11. The molecule has 0 heterocycles. The van der Waals surface area contributed by atoms with Crippen molar-refractivity contribution < 1.29 is 37.0 Å². The molecule has 0 unspecified atom stereocenters. The number of alkyl halides is 3. The van der Waals surface area contributed by atoms with Crippen molar-refractivity contribution in [2.75, 3.05) is 14.2 Å². The molecule has 2 rings (SSSR count). The quantitative estimate of drug-likeness (QED) is 0.655. The Bertz CT molecular complexity index is 841. The fourth-order valence-electron chi connectivity index (χ4n) is 3.81. The number of halogens is 3. The third kappa shape index (κ3) is 5.62. The zero-order valence-electron chi connectivity index (χ0n) is 17.5. The van der Waals surface area contributed by atoms with Gasteiger partial charge in [-0.2, -0.15) is 13.2 Å². The lowest BCUT2D eigenvalue weighted by molar-refractivity contribution is -0.176. The summed E-state index contributed by atoms with van der Waals surface area (Å²) < 4.78 is 47.8. The van der Waals surface area contributed by atoms with Crippen molar-refractivity contribution in [2.45, 2.75) is 50.9 Å². The molecule has 0 bridgehead atoms. The van der Waals surface area contributed by atoms with Crippen LogP contribution in [-0.2, 0) is 23.9 Å². The van der Waals surface area contributed by atoms with Crippen LogP contribution in [0.5, 0.6) is 0 Å². The lowest BCUT2D eigenvalue weighted by atomic mass is 9.78. The smallest absolute Gasteiger partial charge is 0.468 e. The molecule has 1 fully saturated rings. The number of esters is 2. The fraction of sp³-hybridized carbons (Fsp3) is 0.524. The van der Waals surface area contributed by atoms with E-state index in [-0.39, 0.29) is 12.5 Å². The number of ether oxygens (including phenoxy) is 2. The molecule has 0 aromatic heterocycles. The summed E-state index contributed by atoms with van der Waals surface area (Å²) in [4.78, 5) is 41.1. The van der Waals surface area contributed by atoms with E-state index in [1.54, 1.807) is 5.32 Å². The molecule has 31 heavy (non-hydrogen) atoms. The fourth-order valence-corrected chi connectivity index (χ4v) is 3.81. The highest BCUT2D eigenvalue weighted by Gasteiger charge is 2.51. The predicted molar refractivity (Wildman–Crippen MR) is 105 cm³/mol. The van der Waals surface area contributed by atoms with E-state index in [0.29, 0.717) is 18.6 Å². The molecule has 1 saturated carbocycles. The Kier molecular flexibility index (Phi) is 7.80. The minimum Gasteiger partial charge on any atom is -0.468 e. The molecule has 1 aromatic carbocycles. The molecule has 0 spiro atoms. The lowest BCUT2D eigenvalue weighted by Gasteiger charge is -2.31. The largest absolute Gasteiger partial charge is 0.471 e. The van der Waals surface area contributed by atoms with Gasteiger partial charge in [0.2, 0.25) is 0 Å². The summed E-state index contributed by atoms with van der Waals surface area (Å²) in [5.41, 5.74) is -0.142. The summed E-state index contributed by atoms with van der Waals surface area (Å²) in [6.07, 6.45) is -4.49. The number of nitrogens with zero attached hydrogens (tertiary/aromatic N) is 1. The molecule has 0 radical (unpaired) electrons. The summed E-state index contributed by atoms with van der Waals surface area (Å²) in [7, 11) is 2.14. The molecular weight excluding hydrogens is 417 g/mol. The Balaban J connectivity index is 2.43. The predicted octanol–water partition coefficient (Wildman–Crippen LogP) is 3.14. The number of hydrogen-bond acceptors (Lipinski definition) is 6. The van der Waals surface area contributed by atoms with Gasteiger partial charge in [-0.1, -0.05) is 30.3 Å². The Hall–Kier alpha value is -2.91. The monoisotopic (exact) mass is 442 g/mol. The first kappa shape index (κ1) is 24.4. The van der Waals surface area contributed by atoms with Gasteiger partial charge in [-0.3, -0.25) is 14.6 Å². The Labute approximate surface area is 178 Å². The van der Waals surface area contributed by atoms with Crippen LogP contribution in [0.15, 0.2) is 35.3 Å².